The van der Waals surface area contributed by atoms with Crippen molar-refractivity contribution in [2.45, 2.75) is 12.8 Å². The Labute approximate surface area is 144 Å². The van der Waals surface area contributed by atoms with Gasteiger partial charge >= 0.3 is 5.97 Å². The molecule has 1 aliphatic carbocycles. The summed E-state index contributed by atoms with van der Waals surface area (Å²) >= 11 is 0. The van der Waals surface area contributed by atoms with E-state index in [0.717, 1.165) is 0 Å². The van der Waals surface area contributed by atoms with Gasteiger partial charge in [0.15, 0.2) is 0 Å². The molecule has 0 N–H and O–H groups in total. The summed E-state index contributed by atoms with van der Waals surface area (Å²) in [5, 5.41) is 15.4. The molecule has 0 spiro atoms. The first kappa shape index (κ1) is 16.6. The number of hydrogen-bond donors (Lipinski definition) is 0. The number of carbonyl (C=O) groups is 1. The van der Waals surface area contributed by atoms with Crippen LogP contribution in [0.15, 0.2) is 48.6 Å². The number of esters is 1. The van der Waals surface area contributed by atoms with Crippen LogP contribution in [0.25, 0.3) is 11.3 Å². The molecule has 1 aliphatic rings. The van der Waals surface area contributed by atoms with Crippen LogP contribution in [0.4, 0.5) is 5.69 Å². The average molecular weight is 339 g/mol. The van der Waals surface area contributed by atoms with Gasteiger partial charge in [0.05, 0.1) is 22.9 Å². The van der Waals surface area contributed by atoms with E-state index in [2.05, 4.69) is 5.10 Å². The number of benzene rings is 1. The Kier molecular flexibility index (Phi) is 4.47. The van der Waals surface area contributed by atoms with Gasteiger partial charge in [-0.15, -0.1) is 0 Å². The second kappa shape index (κ2) is 6.72. The number of non-ortho nitro benzene ring substituents is 1. The highest BCUT2D eigenvalue weighted by Gasteiger charge is 2.28. The van der Waals surface area contributed by atoms with E-state index < -0.39 is 10.9 Å². The fraction of sp³-hybridized carbons (Fsp3) is 0.222. The summed E-state index contributed by atoms with van der Waals surface area (Å²) in [5.41, 5.74) is 2.24. The highest BCUT2D eigenvalue weighted by atomic mass is 16.6. The van der Waals surface area contributed by atoms with E-state index in [1.165, 1.54) is 12.1 Å². The molecule has 3 rings (SSSR count). The zero-order valence-electron chi connectivity index (χ0n) is 13.9. The molecule has 0 saturated carbocycles. The van der Waals surface area contributed by atoms with Crippen molar-refractivity contribution in [2.24, 2.45) is 7.05 Å². The van der Waals surface area contributed by atoms with Crippen molar-refractivity contribution in [2.75, 3.05) is 6.61 Å². The molecule has 0 radical (unpaired) electrons. The molecular weight excluding hydrogens is 322 g/mol. The van der Waals surface area contributed by atoms with Crippen molar-refractivity contribution >= 4 is 11.7 Å². The van der Waals surface area contributed by atoms with Crippen molar-refractivity contribution < 1.29 is 14.5 Å². The molecule has 0 atom stereocenters. The number of aromatic nitrogens is 2. The fourth-order valence-corrected chi connectivity index (χ4v) is 2.87. The minimum absolute atomic E-state index is 0.00881. The maximum atomic E-state index is 12.6. The number of hydrogen-bond acceptors (Lipinski definition) is 5. The first-order chi connectivity index (χ1) is 12.0. The molecule has 0 amide bonds. The largest absolute Gasteiger partial charge is 0.462 e. The smallest absolute Gasteiger partial charge is 0.342 e. The number of rotatable bonds is 5. The van der Waals surface area contributed by atoms with Crippen molar-refractivity contribution in [1.29, 1.82) is 0 Å². The monoisotopic (exact) mass is 339 g/mol. The molecule has 0 unspecified atom stereocenters. The van der Waals surface area contributed by atoms with E-state index in [1.54, 1.807) is 30.8 Å². The highest BCUT2D eigenvalue weighted by Crippen LogP contribution is 2.33. The Balaban J connectivity index is 2.14. The zero-order valence-corrected chi connectivity index (χ0v) is 13.9. The summed E-state index contributed by atoms with van der Waals surface area (Å²) < 4.78 is 6.83. The standard InChI is InChI=1S/C18H17N3O4/c1-3-25-18(22)15-16(12-6-4-5-7-12)19-20(2)17(15)13-8-10-14(11-9-13)21(23)24/h4-12H,3H2,1-2H3. The van der Waals surface area contributed by atoms with Gasteiger partial charge in [0.25, 0.3) is 5.69 Å². The second-order valence-corrected chi connectivity index (χ2v) is 5.55. The number of nitro benzene ring substituents is 1. The van der Waals surface area contributed by atoms with Crippen LogP contribution in [0, 0.1) is 10.1 Å². The van der Waals surface area contributed by atoms with Gasteiger partial charge in [-0.2, -0.15) is 5.10 Å². The number of allylic oxidation sites excluding steroid dienone is 4. The van der Waals surface area contributed by atoms with Gasteiger partial charge in [0.2, 0.25) is 0 Å². The molecule has 0 fully saturated rings. The third-order valence-electron chi connectivity index (χ3n) is 3.97. The summed E-state index contributed by atoms with van der Waals surface area (Å²) in [7, 11) is 1.74. The fourth-order valence-electron chi connectivity index (χ4n) is 2.87. The lowest BCUT2D eigenvalue weighted by atomic mass is 9.98. The van der Waals surface area contributed by atoms with Gasteiger partial charge in [-0.1, -0.05) is 24.3 Å². The maximum absolute atomic E-state index is 12.6. The predicted octanol–water partition coefficient (Wildman–Crippen LogP) is 3.38. The normalized spacial score (nSPS) is 13.4. The van der Waals surface area contributed by atoms with Crippen LogP contribution in [0.2, 0.25) is 0 Å². The Morgan fingerprint density at radius 1 is 1.28 bits per heavy atom. The third-order valence-corrected chi connectivity index (χ3v) is 3.97. The Morgan fingerprint density at radius 2 is 1.92 bits per heavy atom. The van der Waals surface area contributed by atoms with E-state index in [1.807, 2.05) is 24.3 Å². The Morgan fingerprint density at radius 3 is 2.48 bits per heavy atom. The van der Waals surface area contributed by atoms with E-state index in [4.69, 9.17) is 4.74 Å². The summed E-state index contributed by atoms with van der Waals surface area (Å²) in [4.78, 5) is 23.0. The molecular formula is C18H17N3O4. The molecule has 128 valence electrons. The van der Waals surface area contributed by atoms with E-state index in [0.29, 0.717) is 22.5 Å². The molecule has 1 aromatic heterocycles. The molecule has 7 nitrogen and oxygen atoms in total. The van der Waals surface area contributed by atoms with Crippen LogP contribution in [0.1, 0.15) is 28.9 Å². The minimum atomic E-state index is -0.459. The second-order valence-electron chi connectivity index (χ2n) is 5.55. The molecule has 0 saturated heterocycles. The lowest BCUT2D eigenvalue weighted by molar-refractivity contribution is -0.384. The average Bonchev–Trinajstić information content (AvgIpc) is 3.22. The van der Waals surface area contributed by atoms with E-state index >= 15 is 0 Å². The van der Waals surface area contributed by atoms with Gasteiger partial charge in [-0.25, -0.2) is 4.79 Å². The molecule has 1 heterocycles. The number of carbonyl (C=O) groups excluding carboxylic acids is 1. The predicted molar refractivity (Wildman–Crippen MR) is 92.3 cm³/mol. The van der Waals surface area contributed by atoms with Gasteiger partial charge in [0, 0.05) is 30.7 Å². The Bertz CT molecular complexity index is 866. The molecule has 0 aliphatic heterocycles. The first-order valence-corrected chi connectivity index (χ1v) is 7.86. The van der Waals surface area contributed by atoms with Crippen LogP contribution in [-0.2, 0) is 11.8 Å². The quantitative estimate of drug-likeness (QED) is 0.473. The SMILES string of the molecule is CCOC(=O)c1c(C2C=CC=C2)nn(C)c1-c1ccc([N+](=O)[O-])cc1. The molecule has 0 bridgehead atoms. The molecule has 2 aromatic rings. The van der Waals surface area contributed by atoms with Crippen LogP contribution >= 0.6 is 0 Å². The van der Waals surface area contributed by atoms with Gasteiger partial charge in [-0.05, 0) is 19.1 Å². The van der Waals surface area contributed by atoms with Crippen LogP contribution in [-0.4, -0.2) is 27.3 Å². The summed E-state index contributed by atoms with van der Waals surface area (Å²) in [6.45, 7) is 2.00. The van der Waals surface area contributed by atoms with Crippen molar-refractivity contribution in [3.05, 3.63) is 69.9 Å². The summed E-state index contributed by atoms with van der Waals surface area (Å²) in [6, 6.07) is 6.04. The topological polar surface area (TPSA) is 87.3 Å². The van der Waals surface area contributed by atoms with Crippen LogP contribution < -0.4 is 0 Å². The minimum Gasteiger partial charge on any atom is -0.462 e. The summed E-state index contributed by atoms with van der Waals surface area (Å²) in [6.07, 6.45) is 7.70. The van der Waals surface area contributed by atoms with Gasteiger partial charge in [-0.3, -0.25) is 14.8 Å². The van der Waals surface area contributed by atoms with Crippen molar-refractivity contribution in [3.63, 3.8) is 0 Å². The summed E-state index contributed by atoms with van der Waals surface area (Å²) in [5.74, 6) is -0.551. The Hall–Kier alpha value is -3.22. The van der Waals surface area contributed by atoms with Crippen molar-refractivity contribution in [3.8, 4) is 11.3 Å². The van der Waals surface area contributed by atoms with E-state index in [-0.39, 0.29) is 18.2 Å². The molecule has 7 heteroatoms. The highest BCUT2D eigenvalue weighted by molar-refractivity contribution is 5.98. The van der Waals surface area contributed by atoms with E-state index in [9.17, 15) is 14.9 Å². The maximum Gasteiger partial charge on any atom is 0.342 e. The van der Waals surface area contributed by atoms with Gasteiger partial charge in [0.1, 0.15) is 5.56 Å². The number of nitro groups is 1. The van der Waals surface area contributed by atoms with Crippen LogP contribution in [0.5, 0.6) is 0 Å². The lowest BCUT2D eigenvalue weighted by Gasteiger charge is -2.08. The van der Waals surface area contributed by atoms with Crippen LogP contribution in [0.3, 0.4) is 0 Å². The molecule has 25 heavy (non-hydrogen) atoms. The van der Waals surface area contributed by atoms with Gasteiger partial charge < -0.3 is 4.74 Å². The number of aryl methyl sites for hydroxylation is 1. The van der Waals surface area contributed by atoms with Crippen molar-refractivity contribution in [1.82, 2.24) is 9.78 Å². The number of nitrogens with zero attached hydrogens (tertiary/aromatic N) is 3. The lowest BCUT2D eigenvalue weighted by Crippen LogP contribution is -2.09. The number of ether oxygens (including phenoxy) is 1. The molecule has 1 aromatic carbocycles. The zero-order chi connectivity index (χ0) is 18.0. The first-order valence-electron chi connectivity index (χ1n) is 7.86. The third kappa shape index (κ3) is 3.08.